The number of unbranched alkanes of at least 4 members (excludes halogenated alkanes) is 8. The lowest BCUT2D eigenvalue weighted by Crippen LogP contribution is -2.51. The van der Waals surface area contributed by atoms with Gasteiger partial charge in [0, 0.05) is 0 Å². The molecular formula is C19H42NO3S+. The van der Waals surface area contributed by atoms with Crippen LogP contribution in [0.4, 0.5) is 0 Å². The summed E-state index contributed by atoms with van der Waals surface area (Å²) in [4.78, 5) is 0. The van der Waals surface area contributed by atoms with E-state index in [0.29, 0.717) is 6.26 Å². The van der Waals surface area contributed by atoms with Crippen molar-refractivity contribution < 1.29 is 17.5 Å². The quantitative estimate of drug-likeness (QED) is 0.317. The van der Waals surface area contributed by atoms with E-state index in [-0.39, 0.29) is 0 Å². The van der Waals surface area contributed by atoms with E-state index in [2.05, 4.69) is 13.8 Å². The Labute approximate surface area is 151 Å². The first-order chi connectivity index (χ1) is 11.3. The molecule has 1 saturated heterocycles. The zero-order valence-electron chi connectivity index (χ0n) is 16.4. The van der Waals surface area contributed by atoms with Crippen molar-refractivity contribution >= 4 is 10.1 Å². The molecule has 0 aliphatic carbocycles. The predicted molar refractivity (Wildman–Crippen MR) is 104 cm³/mol. The van der Waals surface area contributed by atoms with Gasteiger partial charge >= 0.3 is 0 Å². The van der Waals surface area contributed by atoms with Crippen LogP contribution in [0.15, 0.2) is 0 Å². The predicted octanol–water partition coefficient (Wildman–Crippen LogP) is 5.04. The van der Waals surface area contributed by atoms with Crippen molar-refractivity contribution in [1.29, 1.82) is 0 Å². The van der Waals surface area contributed by atoms with Crippen LogP contribution in [0.3, 0.4) is 0 Å². The fraction of sp³-hybridized carbons (Fsp3) is 1.00. The summed E-state index contributed by atoms with van der Waals surface area (Å²) in [6.45, 7) is 10.5. The zero-order chi connectivity index (χ0) is 18.3. The Morgan fingerprint density at radius 1 is 0.792 bits per heavy atom. The number of quaternary nitrogens is 1. The minimum Gasteiger partial charge on any atom is -0.324 e. The normalized spacial score (nSPS) is 17.2. The monoisotopic (exact) mass is 364 g/mol. The first-order valence-electron chi connectivity index (χ1n) is 10.1. The molecule has 0 saturated carbocycles. The van der Waals surface area contributed by atoms with Crippen LogP contribution in [0, 0.1) is 0 Å². The fourth-order valence-corrected chi connectivity index (χ4v) is 3.64. The van der Waals surface area contributed by atoms with Gasteiger partial charge in [0.2, 0.25) is 0 Å². The molecule has 1 rings (SSSR count). The average Bonchev–Trinajstić information content (AvgIpc) is 2.53. The lowest BCUT2D eigenvalue weighted by Gasteiger charge is -2.41. The van der Waals surface area contributed by atoms with Crippen LogP contribution in [0.25, 0.3) is 0 Å². The Kier molecular flexibility index (Phi) is 14.0. The van der Waals surface area contributed by atoms with E-state index in [1.807, 2.05) is 0 Å². The molecule has 0 aromatic rings. The van der Waals surface area contributed by atoms with E-state index in [1.165, 1.54) is 108 Å². The standard InChI is InChI=1S/C18H38N.CH4O3S/c1-3-5-6-7-8-9-10-11-13-16-19(4-2)17-14-12-15-18-19;1-5(2,3)4/h3-18H2,1-2H3;1H3,(H,2,3,4)/q+1;. The largest absolute Gasteiger partial charge is 0.324 e. The van der Waals surface area contributed by atoms with Crippen LogP contribution >= 0.6 is 0 Å². The summed E-state index contributed by atoms with van der Waals surface area (Å²) in [5.74, 6) is 0. The molecule has 1 heterocycles. The highest BCUT2D eigenvalue weighted by Gasteiger charge is 2.26. The second-order valence-corrected chi connectivity index (χ2v) is 8.92. The van der Waals surface area contributed by atoms with Crippen LogP contribution in [0.5, 0.6) is 0 Å². The summed E-state index contributed by atoms with van der Waals surface area (Å²) in [5.41, 5.74) is 0. The van der Waals surface area contributed by atoms with Gasteiger partial charge in [-0.05, 0) is 39.0 Å². The number of hydrogen-bond donors (Lipinski definition) is 1. The summed E-state index contributed by atoms with van der Waals surface area (Å²) >= 11 is 0. The molecular weight excluding hydrogens is 322 g/mol. The first kappa shape index (κ1) is 23.9. The third-order valence-corrected chi connectivity index (χ3v) is 5.17. The molecule has 5 heteroatoms. The molecule has 0 radical (unpaired) electrons. The van der Waals surface area contributed by atoms with Crippen molar-refractivity contribution in [2.24, 2.45) is 0 Å². The maximum absolute atomic E-state index is 9.19. The van der Waals surface area contributed by atoms with E-state index < -0.39 is 10.1 Å². The molecule has 4 nitrogen and oxygen atoms in total. The van der Waals surface area contributed by atoms with Crippen molar-refractivity contribution in [2.75, 3.05) is 32.4 Å². The minimum atomic E-state index is -3.67. The molecule has 1 fully saturated rings. The number of piperidine rings is 1. The zero-order valence-corrected chi connectivity index (χ0v) is 17.2. The Balaban J connectivity index is 0.000000922. The summed E-state index contributed by atoms with van der Waals surface area (Å²) < 4.78 is 27.3. The maximum atomic E-state index is 9.19. The lowest BCUT2D eigenvalue weighted by atomic mass is 10.0. The van der Waals surface area contributed by atoms with E-state index in [0.717, 1.165) is 0 Å². The van der Waals surface area contributed by atoms with Gasteiger partial charge in [-0.15, -0.1) is 0 Å². The summed E-state index contributed by atoms with van der Waals surface area (Å²) in [6.07, 6.45) is 18.3. The van der Waals surface area contributed by atoms with Gasteiger partial charge in [0.25, 0.3) is 10.1 Å². The Morgan fingerprint density at radius 2 is 1.21 bits per heavy atom. The molecule has 24 heavy (non-hydrogen) atoms. The van der Waals surface area contributed by atoms with E-state index in [1.54, 1.807) is 0 Å². The number of likely N-dealkylation sites (tertiary alicyclic amines) is 1. The first-order valence-corrected chi connectivity index (χ1v) is 12.0. The Hall–Kier alpha value is -0.130. The van der Waals surface area contributed by atoms with Gasteiger partial charge < -0.3 is 4.48 Å². The third-order valence-electron chi connectivity index (χ3n) is 5.17. The van der Waals surface area contributed by atoms with Gasteiger partial charge in [0.1, 0.15) is 0 Å². The topological polar surface area (TPSA) is 54.4 Å². The number of nitrogens with zero attached hydrogens (tertiary/aromatic N) is 1. The SMILES string of the molecule is CCCCCCCCCCC[N+]1(CC)CCCCC1.CS(=O)(=O)O. The minimum absolute atomic E-state index is 0.715. The van der Waals surface area contributed by atoms with Crippen molar-refractivity contribution in [1.82, 2.24) is 0 Å². The van der Waals surface area contributed by atoms with E-state index >= 15 is 0 Å². The van der Waals surface area contributed by atoms with Crippen LogP contribution < -0.4 is 0 Å². The molecule has 0 atom stereocenters. The molecule has 0 spiro atoms. The van der Waals surface area contributed by atoms with Crippen LogP contribution in [-0.2, 0) is 10.1 Å². The average molecular weight is 365 g/mol. The van der Waals surface area contributed by atoms with Gasteiger partial charge in [0.05, 0.1) is 32.4 Å². The van der Waals surface area contributed by atoms with Crippen molar-refractivity contribution in [2.45, 2.75) is 90.9 Å². The Bertz CT molecular complexity index is 368. The number of hydrogen-bond acceptors (Lipinski definition) is 2. The molecule has 146 valence electrons. The highest BCUT2D eigenvalue weighted by molar-refractivity contribution is 7.85. The summed E-state index contributed by atoms with van der Waals surface area (Å²) in [6, 6.07) is 0. The molecule has 0 bridgehead atoms. The third kappa shape index (κ3) is 15.4. The maximum Gasteiger partial charge on any atom is 0.261 e. The highest BCUT2D eigenvalue weighted by Crippen LogP contribution is 2.20. The van der Waals surface area contributed by atoms with E-state index in [9.17, 15) is 8.42 Å². The molecule has 0 aromatic carbocycles. The molecule has 1 aliphatic heterocycles. The fourth-order valence-electron chi connectivity index (χ4n) is 3.64. The van der Waals surface area contributed by atoms with Crippen LogP contribution in [0.2, 0.25) is 0 Å². The van der Waals surface area contributed by atoms with Gasteiger partial charge in [-0.3, -0.25) is 4.55 Å². The van der Waals surface area contributed by atoms with E-state index in [4.69, 9.17) is 4.55 Å². The van der Waals surface area contributed by atoms with Crippen molar-refractivity contribution in [3.8, 4) is 0 Å². The highest BCUT2D eigenvalue weighted by atomic mass is 32.2. The smallest absolute Gasteiger partial charge is 0.261 e. The van der Waals surface area contributed by atoms with Crippen LogP contribution in [0.1, 0.15) is 90.9 Å². The van der Waals surface area contributed by atoms with Gasteiger partial charge in [-0.2, -0.15) is 8.42 Å². The van der Waals surface area contributed by atoms with Crippen molar-refractivity contribution in [3.63, 3.8) is 0 Å². The molecule has 1 aliphatic rings. The van der Waals surface area contributed by atoms with Gasteiger partial charge in [0.15, 0.2) is 0 Å². The summed E-state index contributed by atoms with van der Waals surface area (Å²) in [7, 11) is -3.67. The summed E-state index contributed by atoms with van der Waals surface area (Å²) in [5, 5.41) is 0. The van der Waals surface area contributed by atoms with Gasteiger partial charge in [-0.25, -0.2) is 0 Å². The number of rotatable bonds is 11. The second-order valence-electron chi connectivity index (χ2n) is 7.45. The van der Waals surface area contributed by atoms with Crippen LogP contribution in [-0.4, -0.2) is 49.9 Å². The second kappa shape index (κ2) is 14.1. The molecule has 0 unspecified atom stereocenters. The van der Waals surface area contributed by atoms with Gasteiger partial charge in [-0.1, -0.05) is 51.9 Å². The molecule has 0 amide bonds. The van der Waals surface area contributed by atoms with Crippen molar-refractivity contribution in [3.05, 3.63) is 0 Å². The Morgan fingerprint density at radius 3 is 1.62 bits per heavy atom. The lowest BCUT2D eigenvalue weighted by molar-refractivity contribution is -0.931. The molecule has 0 aromatic heterocycles. The molecule has 1 N–H and O–H groups in total.